The van der Waals surface area contributed by atoms with E-state index in [-0.39, 0.29) is 0 Å². The van der Waals surface area contributed by atoms with Gasteiger partial charge in [0, 0.05) is 6.04 Å². The van der Waals surface area contributed by atoms with Gasteiger partial charge in [-0.05, 0) is 66.4 Å². The quantitative estimate of drug-likeness (QED) is 0.835. The fourth-order valence-corrected chi connectivity index (χ4v) is 2.77. The third-order valence-electron chi connectivity index (χ3n) is 3.19. The van der Waals surface area contributed by atoms with E-state index in [1.165, 1.54) is 11.1 Å². The van der Waals surface area contributed by atoms with Crippen LogP contribution in [0.15, 0.2) is 41.1 Å². The second-order valence-corrected chi connectivity index (χ2v) is 5.57. The van der Waals surface area contributed by atoms with Crippen molar-refractivity contribution in [1.82, 2.24) is 5.32 Å². The number of ether oxygens (including phenoxy) is 1. The fraction of sp³-hybridized carbons (Fsp3) is 0.375. The standard InChI is InChI=1S/C16H21NOS/c1-13(11-15-8-10-19-12-15)17-9-7-14-3-5-16(18-2)6-4-14/h3-6,8,10,12-13,17H,7,9,11H2,1-2H3. The number of hydrogen-bond donors (Lipinski definition) is 1. The lowest BCUT2D eigenvalue weighted by molar-refractivity contribution is 0.414. The Hall–Kier alpha value is -1.32. The van der Waals surface area contributed by atoms with Gasteiger partial charge in [-0.1, -0.05) is 12.1 Å². The van der Waals surface area contributed by atoms with Gasteiger partial charge < -0.3 is 10.1 Å². The Morgan fingerprint density at radius 1 is 1.16 bits per heavy atom. The van der Waals surface area contributed by atoms with Gasteiger partial charge in [0.25, 0.3) is 0 Å². The summed E-state index contributed by atoms with van der Waals surface area (Å²) in [7, 11) is 1.70. The van der Waals surface area contributed by atoms with Crippen molar-refractivity contribution < 1.29 is 4.74 Å². The van der Waals surface area contributed by atoms with E-state index in [9.17, 15) is 0 Å². The summed E-state index contributed by atoms with van der Waals surface area (Å²) in [5.74, 6) is 0.919. The number of nitrogens with one attached hydrogen (secondary N) is 1. The summed E-state index contributed by atoms with van der Waals surface area (Å²) >= 11 is 1.77. The lowest BCUT2D eigenvalue weighted by Gasteiger charge is -2.13. The molecule has 0 bridgehead atoms. The molecule has 0 aliphatic heterocycles. The van der Waals surface area contributed by atoms with Crippen LogP contribution >= 0.6 is 11.3 Å². The van der Waals surface area contributed by atoms with E-state index in [1.807, 2.05) is 12.1 Å². The van der Waals surface area contributed by atoms with Crippen molar-refractivity contribution in [3.8, 4) is 5.75 Å². The van der Waals surface area contributed by atoms with Gasteiger partial charge in [0.2, 0.25) is 0 Å². The predicted molar refractivity (Wildman–Crippen MR) is 82.2 cm³/mol. The molecule has 102 valence electrons. The molecule has 1 atom stereocenters. The number of benzene rings is 1. The zero-order valence-corrected chi connectivity index (χ0v) is 12.4. The highest BCUT2D eigenvalue weighted by atomic mass is 32.1. The Balaban J connectivity index is 1.70. The van der Waals surface area contributed by atoms with Crippen LogP contribution < -0.4 is 10.1 Å². The second-order valence-electron chi connectivity index (χ2n) is 4.79. The average Bonchev–Trinajstić information content (AvgIpc) is 2.92. The lowest BCUT2D eigenvalue weighted by Crippen LogP contribution is -2.29. The second kappa shape index (κ2) is 7.31. The third kappa shape index (κ3) is 4.69. The molecule has 2 nitrogen and oxygen atoms in total. The van der Waals surface area contributed by atoms with Crippen molar-refractivity contribution in [2.45, 2.75) is 25.8 Å². The Kier molecular flexibility index (Phi) is 5.43. The lowest BCUT2D eigenvalue weighted by atomic mass is 10.1. The summed E-state index contributed by atoms with van der Waals surface area (Å²) in [6.45, 7) is 3.25. The molecule has 1 aromatic heterocycles. The summed E-state index contributed by atoms with van der Waals surface area (Å²) < 4.78 is 5.16. The van der Waals surface area contributed by atoms with Crippen molar-refractivity contribution in [2.24, 2.45) is 0 Å². The minimum absolute atomic E-state index is 0.521. The summed E-state index contributed by atoms with van der Waals surface area (Å²) in [4.78, 5) is 0. The summed E-state index contributed by atoms with van der Waals surface area (Å²) in [5, 5.41) is 7.93. The zero-order chi connectivity index (χ0) is 13.5. The minimum atomic E-state index is 0.521. The van der Waals surface area contributed by atoms with Crippen LogP contribution in [0.3, 0.4) is 0 Å². The van der Waals surface area contributed by atoms with Crippen molar-refractivity contribution in [3.05, 3.63) is 52.2 Å². The maximum Gasteiger partial charge on any atom is 0.118 e. The van der Waals surface area contributed by atoms with Crippen molar-refractivity contribution in [2.75, 3.05) is 13.7 Å². The maximum absolute atomic E-state index is 5.16. The molecule has 2 aromatic rings. The molecular formula is C16H21NOS. The molecule has 19 heavy (non-hydrogen) atoms. The predicted octanol–water partition coefficient (Wildman–Crippen LogP) is 3.52. The van der Waals surface area contributed by atoms with E-state index in [2.05, 4.69) is 41.2 Å². The first-order chi connectivity index (χ1) is 9.28. The van der Waals surface area contributed by atoms with E-state index in [1.54, 1.807) is 18.4 Å². The molecule has 1 unspecified atom stereocenters. The first kappa shape index (κ1) is 14.1. The van der Waals surface area contributed by atoms with Crippen LogP contribution in [-0.2, 0) is 12.8 Å². The number of thiophene rings is 1. The van der Waals surface area contributed by atoms with Gasteiger partial charge in [-0.2, -0.15) is 11.3 Å². The Morgan fingerprint density at radius 3 is 2.58 bits per heavy atom. The first-order valence-electron chi connectivity index (χ1n) is 6.65. The van der Waals surface area contributed by atoms with Gasteiger partial charge in [0.15, 0.2) is 0 Å². The molecular weight excluding hydrogens is 254 g/mol. The summed E-state index contributed by atoms with van der Waals surface area (Å²) in [6.07, 6.45) is 2.16. The highest BCUT2D eigenvalue weighted by Gasteiger charge is 2.03. The Labute approximate surface area is 119 Å². The topological polar surface area (TPSA) is 21.3 Å². The normalized spacial score (nSPS) is 12.3. The van der Waals surface area contributed by atoms with E-state index >= 15 is 0 Å². The van der Waals surface area contributed by atoms with Crippen LogP contribution in [0.2, 0.25) is 0 Å². The zero-order valence-electron chi connectivity index (χ0n) is 11.6. The molecule has 1 heterocycles. The maximum atomic E-state index is 5.16. The molecule has 1 aromatic carbocycles. The van der Waals surface area contributed by atoms with Crippen LogP contribution in [0.25, 0.3) is 0 Å². The number of methoxy groups -OCH3 is 1. The van der Waals surface area contributed by atoms with Crippen LogP contribution in [-0.4, -0.2) is 19.7 Å². The molecule has 1 N–H and O–H groups in total. The SMILES string of the molecule is COc1ccc(CCNC(C)Cc2ccsc2)cc1. The van der Waals surface area contributed by atoms with Gasteiger partial charge in [-0.25, -0.2) is 0 Å². The van der Waals surface area contributed by atoms with Crippen molar-refractivity contribution >= 4 is 11.3 Å². The van der Waals surface area contributed by atoms with Crippen LogP contribution in [0.4, 0.5) is 0 Å². The first-order valence-corrected chi connectivity index (χ1v) is 7.59. The number of rotatable bonds is 7. The summed E-state index contributed by atoms with van der Waals surface area (Å²) in [6, 6.07) is 11.0. The molecule has 0 amide bonds. The molecule has 0 saturated heterocycles. The Bertz CT molecular complexity index is 464. The highest BCUT2D eigenvalue weighted by Crippen LogP contribution is 2.12. The average molecular weight is 275 g/mol. The van der Waals surface area contributed by atoms with Crippen LogP contribution in [0.1, 0.15) is 18.1 Å². The summed E-state index contributed by atoms with van der Waals surface area (Å²) in [5.41, 5.74) is 2.77. The van der Waals surface area contributed by atoms with Gasteiger partial charge in [-0.15, -0.1) is 0 Å². The van der Waals surface area contributed by atoms with Gasteiger partial charge in [0.1, 0.15) is 5.75 Å². The largest absolute Gasteiger partial charge is 0.497 e. The molecule has 2 rings (SSSR count). The van der Waals surface area contributed by atoms with Crippen LogP contribution in [0, 0.1) is 0 Å². The fourth-order valence-electron chi connectivity index (χ4n) is 2.09. The van der Waals surface area contributed by atoms with E-state index in [4.69, 9.17) is 4.74 Å². The van der Waals surface area contributed by atoms with E-state index in [0.717, 1.165) is 25.1 Å². The van der Waals surface area contributed by atoms with Gasteiger partial charge in [-0.3, -0.25) is 0 Å². The molecule has 0 radical (unpaired) electrons. The molecule has 0 aliphatic carbocycles. The minimum Gasteiger partial charge on any atom is -0.497 e. The van der Waals surface area contributed by atoms with Crippen molar-refractivity contribution in [3.63, 3.8) is 0 Å². The van der Waals surface area contributed by atoms with Gasteiger partial charge in [0.05, 0.1) is 7.11 Å². The monoisotopic (exact) mass is 275 g/mol. The molecule has 0 fully saturated rings. The highest BCUT2D eigenvalue weighted by molar-refractivity contribution is 7.07. The van der Waals surface area contributed by atoms with Crippen LogP contribution in [0.5, 0.6) is 5.75 Å². The third-order valence-corrected chi connectivity index (χ3v) is 3.92. The van der Waals surface area contributed by atoms with Crippen molar-refractivity contribution in [1.29, 1.82) is 0 Å². The molecule has 0 spiro atoms. The molecule has 0 saturated carbocycles. The number of hydrogen-bond acceptors (Lipinski definition) is 3. The van der Waals surface area contributed by atoms with Gasteiger partial charge >= 0.3 is 0 Å². The Morgan fingerprint density at radius 2 is 1.95 bits per heavy atom. The molecule has 3 heteroatoms. The van der Waals surface area contributed by atoms with E-state index < -0.39 is 0 Å². The molecule has 0 aliphatic rings. The smallest absolute Gasteiger partial charge is 0.118 e. The van der Waals surface area contributed by atoms with E-state index in [0.29, 0.717) is 6.04 Å².